The van der Waals surface area contributed by atoms with Gasteiger partial charge >= 0.3 is 0 Å². The van der Waals surface area contributed by atoms with E-state index < -0.39 is 0 Å². The maximum absolute atomic E-state index is 9.29. The molecule has 3 atom stereocenters. The van der Waals surface area contributed by atoms with Crippen molar-refractivity contribution in [3.63, 3.8) is 0 Å². The van der Waals surface area contributed by atoms with Crippen molar-refractivity contribution in [3.8, 4) is 0 Å². The molecule has 1 heterocycles. The SMILES string of the molecule is CNC(CCN1CC(C)OC(CO)C1)c1ccc(C)cc1. The van der Waals surface area contributed by atoms with Gasteiger partial charge in [0.15, 0.2) is 0 Å². The molecule has 0 aromatic heterocycles. The zero-order valence-electron chi connectivity index (χ0n) is 13.4. The average Bonchev–Trinajstić information content (AvgIpc) is 2.49. The Morgan fingerprint density at radius 1 is 1.33 bits per heavy atom. The molecule has 0 aliphatic carbocycles. The van der Waals surface area contributed by atoms with Gasteiger partial charge in [0.25, 0.3) is 0 Å². The zero-order chi connectivity index (χ0) is 15.2. The molecule has 1 aromatic carbocycles. The summed E-state index contributed by atoms with van der Waals surface area (Å²) >= 11 is 0. The lowest BCUT2D eigenvalue weighted by Crippen LogP contribution is -2.48. The molecule has 4 nitrogen and oxygen atoms in total. The van der Waals surface area contributed by atoms with E-state index in [0.717, 1.165) is 26.1 Å². The number of aliphatic hydroxyl groups is 1. The third-order valence-corrected chi connectivity index (χ3v) is 4.17. The van der Waals surface area contributed by atoms with Gasteiger partial charge in [0.05, 0.1) is 18.8 Å². The molecule has 1 fully saturated rings. The van der Waals surface area contributed by atoms with Gasteiger partial charge in [0.1, 0.15) is 0 Å². The van der Waals surface area contributed by atoms with E-state index in [0.29, 0.717) is 6.04 Å². The Hall–Kier alpha value is -0.940. The number of benzene rings is 1. The third-order valence-electron chi connectivity index (χ3n) is 4.17. The summed E-state index contributed by atoms with van der Waals surface area (Å²) in [6, 6.07) is 9.11. The number of morpholine rings is 1. The monoisotopic (exact) mass is 292 g/mol. The lowest BCUT2D eigenvalue weighted by Gasteiger charge is -2.36. The van der Waals surface area contributed by atoms with Crippen molar-refractivity contribution < 1.29 is 9.84 Å². The molecule has 0 saturated carbocycles. The van der Waals surface area contributed by atoms with Crippen molar-refractivity contribution in [2.75, 3.05) is 33.3 Å². The smallest absolute Gasteiger partial charge is 0.0936 e. The summed E-state index contributed by atoms with van der Waals surface area (Å²) in [5, 5.41) is 12.7. The average molecular weight is 292 g/mol. The van der Waals surface area contributed by atoms with E-state index in [9.17, 15) is 5.11 Å². The maximum atomic E-state index is 9.29. The van der Waals surface area contributed by atoms with Gasteiger partial charge in [-0.2, -0.15) is 0 Å². The minimum Gasteiger partial charge on any atom is -0.394 e. The molecule has 0 amide bonds. The summed E-state index contributed by atoms with van der Waals surface area (Å²) in [5.74, 6) is 0. The number of hydrogen-bond donors (Lipinski definition) is 2. The number of aliphatic hydroxyl groups excluding tert-OH is 1. The van der Waals surface area contributed by atoms with Gasteiger partial charge in [0, 0.05) is 25.7 Å². The molecule has 0 bridgehead atoms. The van der Waals surface area contributed by atoms with E-state index in [-0.39, 0.29) is 18.8 Å². The standard InChI is InChI=1S/C17H28N2O2/c1-13-4-6-15(7-5-13)17(18-3)8-9-19-10-14(2)21-16(11-19)12-20/h4-7,14,16-18,20H,8-12H2,1-3H3. The van der Waals surface area contributed by atoms with Crippen LogP contribution >= 0.6 is 0 Å². The number of rotatable bonds is 6. The number of nitrogens with one attached hydrogen (secondary N) is 1. The largest absolute Gasteiger partial charge is 0.394 e. The molecule has 1 saturated heterocycles. The highest BCUT2D eigenvalue weighted by Gasteiger charge is 2.25. The molecule has 0 radical (unpaired) electrons. The predicted molar refractivity (Wildman–Crippen MR) is 85.5 cm³/mol. The van der Waals surface area contributed by atoms with Crippen LogP contribution in [0.15, 0.2) is 24.3 Å². The molecule has 2 rings (SSSR count). The molecule has 1 aliphatic heterocycles. The second-order valence-electron chi connectivity index (χ2n) is 6.05. The minimum absolute atomic E-state index is 0.0406. The van der Waals surface area contributed by atoms with Crippen molar-refractivity contribution in [2.45, 2.75) is 38.5 Å². The number of aryl methyl sites for hydroxylation is 1. The first kappa shape index (κ1) is 16.4. The van der Waals surface area contributed by atoms with Crippen LogP contribution in [-0.2, 0) is 4.74 Å². The van der Waals surface area contributed by atoms with Crippen LogP contribution in [-0.4, -0.2) is 55.5 Å². The van der Waals surface area contributed by atoms with E-state index >= 15 is 0 Å². The second kappa shape index (κ2) is 7.90. The van der Waals surface area contributed by atoms with Gasteiger partial charge in [0.2, 0.25) is 0 Å². The van der Waals surface area contributed by atoms with E-state index in [2.05, 4.69) is 48.3 Å². The quantitative estimate of drug-likeness (QED) is 0.838. The second-order valence-corrected chi connectivity index (χ2v) is 6.05. The van der Waals surface area contributed by atoms with Crippen LogP contribution in [0.4, 0.5) is 0 Å². The van der Waals surface area contributed by atoms with Crippen LogP contribution in [0.1, 0.15) is 30.5 Å². The fraction of sp³-hybridized carbons (Fsp3) is 0.647. The molecule has 2 N–H and O–H groups in total. The highest BCUT2D eigenvalue weighted by molar-refractivity contribution is 5.24. The zero-order valence-corrected chi connectivity index (χ0v) is 13.4. The van der Waals surface area contributed by atoms with Crippen molar-refractivity contribution in [1.82, 2.24) is 10.2 Å². The first-order valence-corrected chi connectivity index (χ1v) is 7.85. The van der Waals surface area contributed by atoms with Gasteiger partial charge in [-0.3, -0.25) is 4.90 Å². The van der Waals surface area contributed by atoms with Gasteiger partial charge < -0.3 is 15.2 Å². The molecule has 4 heteroatoms. The summed E-state index contributed by atoms with van der Waals surface area (Å²) < 4.78 is 5.69. The Kier molecular flexibility index (Phi) is 6.18. The fourth-order valence-corrected chi connectivity index (χ4v) is 3.01. The summed E-state index contributed by atoms with van der Waals surface area (Å²) in [5.41, 5.74) is 2.63. The molecular weight excluding hydrogens is 264 g/mol. The third kappa shape index (κ3) is 4.78. The van der Waals surface area contributed by atoms with Gasteiger partial charge in [-0.05, 0) is 32.9 Å². The van der Waals surface area contributed by atoms with Crippen molar-refractivity contribution in [1.29, 1.82) is 0 Å². The van der Waals surface area contributed by atoms with Crippen LogP contribution in [0.2, 0.25) is 0 Å². The summed E-state index contributed by atoms with van der Waals surface area (Å²) in [7, 11) is 2.02. The van der Waals surface area contributed by atoms with E-state index in [1.54, 1.807) is 0 Å². The fourth-order valence-electron chi connectivity index (χ4n) is 3.01. The number of ether oxygens (including phenoxy) is 1. The lowest BCUT2D eigenvalue weighted by molar-refractivity contribution is -0.0955. The Bertz CT molecular complexity index is 421. The van der Waals surface area contributed by atoms with E-state index in [4.69, 9.17) is 4.74 Å². The van der Waals surface area contributed by atoms with Crippen LogP contribution < -0.4 is 5.32 Å². The number of nitrogens with zero attached hydrogens (tertiary/aromatic N) is 1. The first-order valence-electron chi connectivity index (χ1n) is 7.85. The molecule has 1 aliphatic rings. The van der Waals surface area contributed by atoms with Crippen molar-refractivity contribution in [3.05, 3.63) is 35.4 Å². The summed E-state index contributed by atoms with van der Waals surface area (Å²) in [4.78, 5) is 2.40. The summed E-state index contributed by atoms with van der Waals surface area (Å²) in [6.45, 7) is 7.08. The van der Waals surface area contributed by atoms with Gasteiger partial charge in [-0.1, -0.05) is 29.8 Å². The molecule has 1 aromatic rings. The van der Waals surface area contributed by atoms with Crippen LogP contribution in [0.25, 0.3) is 0 Å². The van der Waals surface area contributed by atoms with E-state index in [1.165, 1.54) is 11.1 Å². The highest BCUT2D eigenvalue weighted by Crippen LogP contribution is 2.19. The van der Waals surface area contributed by atoms with Crippen molar-refractivity contribution in [2.24, 2.45) is 0 Å². The first-order chi connectivity index (χ1) is 10.1. The lowest BCUT2D eigenvalue weighted by atomic mass is 10.0. The molecule has 21 heavy (non-hydrogen) atoms. The topological polar surface area (TPSA) is 44.7 Å². The normalized spacial score (nSPS) is 25.0. The van der Waals surface area contributed by atoms with Gasteiger partial charge in [-0.25, -0.2) is 0 Å². The Labute approximate surface area is 128 Å². The Balaban J connectivity index is 1.89. The maximum Gasteiger partial charge on any atom is 0.0936 e. The van der Waals surface area contributed by atoms with Crippen molar-refractivity contribution >= 4 is 0 Å². The Morgan fingerprint density at radius 2 is 2.05 bits per heavy atom. The van der Waals surface area contributed by atoms with E-state index in [1.807, 2.05) is 7.05 Å². The molecule has 118 valence electrons. The van der Waals surface area contributed by atoms with Crippen LogP contribution in [0.3, 0.4) is 0 Å². The number of hydrogen-bond acceptors (Lipinski definition) is 4. The molecular formula is C17H28N2O2. The van der Waals surface area contributed by atoms with Gasteiger partial charge in [-0.15, -0.1) is 0 Å². The molecule has 3 unspecified atom stereocenters. The van der Waals surface area contributed by atoms with Crippen LogP contribution in [0, 0.1) is 6.92 Å². The summed E-state index contributed by atoms with van der Waals surface area (Å²) in [6.07, 6.45) is 1.22. The predicted octanol–water partition coefficient (Wildman–Crippen LogP) is 1.73. The molecule has 0 spiro atoms. The minimum atomic E-state index is -0.0406. The van der Waals surface area contributed by atoms with Crippen LogP contribution in [0.5, 0.6) is 0 Å². The Morgan fingerprint density at radius 3 is 2.67 bits per heavy atom. The highest BCUT2D eigenvalue weighted by atomic mass is 16.5.